The first-order valence-corrected chi connectivity index (χ1v) is 23.8. The molecular weight excluding hydrogens is 907 g/mol. The third kappa shape index (κ3) is 7.20. The molecule has 9 nitrogen and oxygen atoms in total. The molecule has 3 aromatic heterocycles. The van der Waals surface area contributed by atoms with Gasteiger partial charge in [-0.2, -0.15) is 26.3 Å². The zero-order valence-corrected chi connectivity index (χ0v) is 39.9. The van der Waals surface area contributed by atoms with Crippen molar-refractivity contribution in [2.75, 3.05) is 0 Å². The number of rotatable bonds is 7. The molecule has 74 heavy (non-hydrogen) atoms. The number of aryl methyl sites for hydroxylation is 2. The lowest BCUT2D eigenvalue weighted by atomic mass is 9.98. The number of fused-ring (bicyclic) bond motifs is 6. The van der Waals surface area contributed by atoms with Crippen LogP contribution < -0.4 is 0 Å². The van der Waals surface area contributed by atoms with Crippen molar-refractivity contribution in [1.29, 1.82) is 26.3 Å². The van der Waals surface area contributed by atoms with E-state index in [-0.39, 0.29) is 0 Å². The number of nitrogens with zero attached hydrogens (tertiary/aromatic N) is 9. The summed E-state index contributed by atoms with van der Waals surface area (Å²) in [6.07, 6.45) is 0. The number of hydrogen-bond acceptors (Lipinski definition) is 7. The summed E-state index contributed by atoms with van der Waals surface area (Å²) in [6, 6.07) is 73.1. The van der Waals surface area contributed by atoms with Crippen molar-refractivity contribution in [3.8, 4) is 97.6 Å². The van der Waals surface area contributed by atoms with Gasteiger partial charge in [-0.25, -0.2) is 9.97 Å². The highest BCUT2D eigenvalue weighted by Gasteiger charge is 2.25. The van der Waals surface area contributed by atoms with Crippen molar-refractivity contribution in [3.05, 3.63) is 227 Å². The Morgan fingerprint density at radius 2 is 0.608 bits per heavy atom. The van der Waals surface area contributed by atoms with Gasteiger partial charge in [0.25, 0.3) is 0 Å². The summed E-state index contributed by atoms with van der Waals surface area (Å²) in [7, 11) is 0. The topological polar surface area (TPSA) is 155 Å². The van der Waals surface area contributed by atoms with Crippen molar-refractivity contribution in [1.82, 2.24) is 19.1 Å². The minimum Gasteiger partial charge on any atom is -0.307 e. The van der Waals surface area contributed by atoms with Gasteiger partial charge >= 0.3 is 0 Å². The minimum absolute atomic E-state index is 0.341. The number of aromatic nitrogens is 4. The van der Waals surface area contributed by atoms with E-state index in [1.165, 1.54) is 0 Å². The van der Waals surface area contributed by atoms with E-state index >= 15 is 0 Å². The Balaban J connectivity index is 1.28. The van der Waals surface area contributed by atoms with E-state index in [2.05, 4.69) is 88.0 Å². The number of benzene rings is 9. The molecule has 0 fully saturated rings. The van der Waals surface area contributed by atoms with Crippen LogP contribution in [0.2, 0.25) is 0 Å². The monoisotopic (exact) mass is 943 g/mol. The van der Waals surface area contributed by atoms with Crippen LogP contribution in [0.3, 0.4) is 0 Å². The molecule has 0 atom stereocenters. The molecular formula is C65H37N9. The zero-order valence-electron chi connectivity index (χ0n) is 39.9. The Labute approximate surface area is 425 Å². The fraction of sp³-hybridized carbons (Fsp3) is 0.0308. The second-order valence-corrected chi connectivity index (χ2v) is 18.2. The normalized spacial score (nSPS) is 11.0. The Hall–Kier alpha value is -10.9. The average Bonchev–Trinajstić information content (AvgIpc) is 3.95. The highest BCUT2D eigenvalue weighted by atomic mass is 15.1. The molecule has 3 heterocycles. The van der Waals surface area contributed by atoms with E-state index in [4.69, 9.17) is 9.97 Å². The second-order valence-electron chi connectivity index (χ2n) is 18.2. The smallest absolute Gasteiger partial charge is 0.161 e. The molecule has 0 aliphatic carbocycles. The molecule has 0 spiro atoms. The first-order valence-electron chi connectivity index (χ1n) is 23.8. The van der Waals surface area contributed by atoms with Crippen LogP contribution in [0, 0.1) is 70.5 Å². The SMILES string of the molecule is Cc1cc(C)nc(-c2cc(-n3c4cc(-c5ccccc5C#N)ccc4c4ccc(-c5ccccc5C#N)cc43)c(-n3c4cc(-c5ccccc5C#N)ccc4c4ccc(-c5ccccc5C#N)cc43)cc2C#N)n1. The maximum atomic E-state index is 11.3. The predicted octanol–water partition coefficient (Wildman–Crippen LogP) is 15.0. The lowest BCUT2D eigenvalue weighted by Gasteiger charge is -2.20. The van der Waals surface area contributed by atoms with E-state index in [1.54, 1.807) is 0 Å². The molecule has 342 valence electrons. The number of hydrogen-bond donors (Lipinski definition) is 0. The average molecular weight is 944 g/mol. The first kappa shape index (κ1) is 44.3. The molecule has 0 amide bonds. The molecule has 0 saturated heterocycles. The highest BCUT2D eigenvalue weighted by Crippen LogP contribution is 2.44. The molecule has 12 rings (SSSR count). The van der Waals surface area contributed by atoms with Crippen LogP contribution in [0.1, 0.15) is 39.2 Å². The summed E-state index contributed by atoms with van der Waals surface area (Å²) < 4.78 is 4.40. The van der Waals surface area contributed by atoms with Gasteiger partial charge in [-0.15, -0.1) is 0 Å². The summed E-state index contributed by atoms with van der Waals surface area (Å²) in [5.74, 6) is 0.396. The standard InChI is InChI=1S/C65H37N9/c1-39-27-40(2)72-65(71-39)58-33-64(74-61-30-43(52-17-9-5-13-47(52)36-68)21-25-56(61)57-26-22-44(31-62(57)74)53-18-10-6-14-48(53)37-69)63(32-49(58)38-70)73-59-28-41(50-15-7-3-11-45(50)34-66)19-23-54(59)55-24-20-42(29-60(55)73)51-16-8-4-12-46(51)35-67/h3-33H,1-2H3. The number of nitriles is 5. The van der Waals surface area contributed by atoms with Gasteiger partial charge < -0.3 is 9.13 Å². The molecule has 0 saturated carbocycles. The van der Waals surface area contributed by atoms with Gasteiger partial charge in [-0.1, -0.05) is 121 Å². The van der Waals surface area contributed by atoms with Crippen LogP contribution in [0.5, 0.6) is 0 Å². The fourth-order valence-corrected chi connectivity index (χ4v) is 10.6. The zero-order chi connectivity index (χ0) is 50.6. The molecule has 0 aliphatic heterocycles. The Kier molecular flexibility index (Phi) is 10.7. The summed E-state index contributed by atoms with van der Waals surface area (Å²) in [5, 5.41) is 56.4. The first-order chi connectivity index (χ1) is 36.3. The second kappa shape index (κ2) is 17.8. The molecule has 12 aromatic rings. The summed E-state index contributed by atoms with van der Waals surface area (Å²) in [4.78, 5) is 9.86. The van der Waals surface area contributed by atoms with Crippen molar-refractivity contribution >= 4 is 43.6 Å². The largest absolute Gasteiger partial charge is 0.307 e. The van der Waals surface area contributed by atoms with Gasteiger partial charge in [0.05, 0.1) is 91.6 Å². The fourth-order valence-electron chi connectivity index (χ4n) is 10.6. The predicted molar refractivity (Wildman–Crippen MR) is 291 cm³/mol. The summed E-state index contributed by atoms with van der Waals surface area (Å²) in [6.45, 7) is 3.83. The van der Waals surface area contributed by atoms with Crippen LogP contribution >= 0.6 is 0 Å². The summed E-state index contributed by atoms with van der Waals surface area (Å²) in [5.41, 5.74) is 15.5. The Morgan fingerprint density at radius 3 is 0.919 bits per heavy atom. The molecule has 0 unspecified atom stereocenters. The van der Waals surface area contributed by atoms with Gasteiger partial charge in [-0.05, 0) is 125 Å². The van der Waals surface area contributed by atoms with Crippen molar-refractivity contribution < 1.29 is 0 Å². The van der Waals surface area contributed by atoms with Gasteiger partial charge in [0, 0.05) is 38.5 Å². The van der Waals surface area contributed by atoms with E-state index in [9.17, 15) is 26.3 Å². The lowest BCUT2D eigenvalue weighted by molar-refractivity contribution is 1.05. The molecule has 9 aromatic carbocycles. The molecule has 0 N–H and O–H groups in total. The van der Waals surface area contributed by atoms with Crippen molar-refractivity contribution in [3.63, 3.8) is 0 Å². The van der Waals surface area contributed by atoms with E-state index in [1.807, 2.05) is 153 Å². The Morgan fingerprint density at radius 1 is 0.311 bits per heavy atom. The van der Waals surface area contributed by atoms with Crippen LogP contribution in [-0.2, 0) is 0 Å². The van der Waals surface area contributed by atoms with Gasteiger partial charge in [-0.3, -0.25) is 0 Å². The molecule has 0 bridgehead atoms. The molecule has 0 aliphatic rings. The van der Waals surface area contributed by atoms with Gasteiger partial charge in [0.15, 0.2) is 5.82 Å². The lowest BCUT2D eigenvalue weighted by Crippen LogP contribution is -2.07. The van der Waals surface area contributed by atoms with E-state index in [0.717, 1.165) is 99.5 Å². The molecule has 0 radical (unpaired) electrons. The maximum Gasteiger partial charge on any atom is 0.161 e. The van der Waals surface area contributed by atoms with Crippen molar-refractivity contribution in [2.45, 2.75) is 13.8 Å². The highest BCUT2D eigenvalue weighted by molar-refractivity contribution is 6.14. The third-order valence-corrected chi connectivity index (χ3v) is 13.9. The van der Waals surface area contributed by atoms with Crippen molar-refractivity contribution in [2.24, 2.45) is 0 Å². The summed E-state index contributed by atoms with van der Waals surface area (Å²) >= 11 is 0. The minimum atomic E-state index is 0.341. The molecule has 9 heteroatoms. The van der Waals surface area contributed by atoms with Crippen LogP contribution in [0.4, 0.5) is 0 Å². The van der Waals surface area contributed by atoms with Crippen LogP contribution in [0.15, 0.2) is 188 Å². The van der Waals surface area contributed by atoms with E-state index < -0.39 is 0 Å². The van der Waals surface area contributed by atoms with Gasteiger partial charge in [0.1, 0.15) is 0 Å². The Bertz CT molecular complexity index is 4340. The maximum absolute atomic E-state index is 11.3. The quantitative estimate of drug-likeness (QED) is 0.154. The van der Waals surface area contributed by atoms with Gasteiger partial charge in [0.2, 0.25) is 0 Å². The van der Waals surface area contributed by atoms with Crippen LogP contribution in [-0.4, -0.2) is 19.1 Å². The van der Waals surface area contributed by atoms with Crippen LogP contribution in [0.25, 0.3) is 111 Å². The van der Waals surface area contributed by atoms with E-state index in [0.29, 0.717) is 50.6 Å². The third-order valence-electron chi connectivity index (χ3n) is 13.9.